The molecule has 0 atom stereocenters. The molecule has 0 saturated carbocycles. The first-order chi connectivity index (χ1) is 12.8. The van der Waals surface area contributed by atoms with Crippen molar-refractivity contribution in [2.75, 3.05) is 31.1 Å². The van der Waals surface area contributed by atoms with Gasteiger partial charge in [-0.1, -0.05) is 0 Å². The first kappa shape index (κ1) is 17.8. The monoisotopic (exact) mass is 354 g/mol. The van der Waals surface area contributed by atoms with Crippen molar-refractivity contribution in [1.29, 1.82) is 0 Å². The molecule has 0 aliphatic carbocycles. The van der Waals surface area contributed by atoms with Gasteiger partial charge in [0.25, 0.3) is 6.47 Å². The molecular weight excluding hydrogens is 332 g/mol. The standard InChI is InChI=1S/C18H20N4O.CH2O2/c1-2-18(23-13-1)15-3-5-17(6-4-15)22-11-9-21(10-12-22)14-16-7-8-19-20-16;2-1-3/h1-8,13H,9-12,14H2,(H,19,20);1H,(H,2,3). The zero-order valence-electron chi connectivity index (χ0n) is 14.4. The second kappa shape index (κ2) is 8.87. The summed E-state index contributed by atoms with van der Waals surface area (Å²) in [4.78, 5) is 13.3. The number of H-pyrrole nitrogens is 1. The third kappa shape index (κ3) is 4.52. The number of furan rings is 1. The fourth-order valence-corrected chi connectivity index (χ4v) is 3.06. The van der Waals surface area contributed by atoms with Crippen LogP contribution in [0.15, 0.2) is 59.3 Å². The van der Waals surface area contributed by atoms with Crippen LogP contribution in [0.4, 0.5) is 5.69 Å². The van der Waals surface area contributed by atoms with Gasteiger partial charge in [-0.3, -0.25) is 14.8 Å². The highest BCUT2D eigenvalue weighted by atomic mass is 16.3. The van der Waals surface area contributed by atoms with Crippen LogP contribution in [-0.2, 0) is 11.3 Å². The van der Waals surface area contributed by atoms with E-state index in [-0.39, 0.29) is 6.47 Å². The topological polar surface area (TPSA) is 85.6 Å². The lowest BCUT2D eigenvalue weighted by atomic mass is 10.1. The van der Waals surface area contributed by atoms with E-state index in [1.807, 2.05) is 24.4 Å². The molecule has 26 heavy (non-hydrogen) atoms. The largest absolute Gasteiger partial charge is 0.483 e. The Bertz CT molecular complexity index is 762. The Morgan fingerprint density at radius 1 is 1.12 bits per heavy atom. The Morgan fingerprint density at radius 3 is 2.42 bits per heavy atom. The highest BCUT2D eigenvalue weighted by molar-refractivity contribution is 5.62. The van der Waals surface area contributed by atoms with Gasteiger partial charge in [-0.15, -0.1) is 0 Å². The molecule has 1 aromatic carbocycles. The number of piperazine rings is 1. The summed E-state index contributed by atoms with van der Waals surface area (Å²) < 4.78 is 5.44. The summed E-state index contributed by atoms with van der Waals surface area (Å²) in [5.41, 5.74) is 3.58. The maximum atomic E-state index is 8.36. The van der Waals surface area contributed by atoms with Gasteiger partial charge in [0.2, 0.25) is 0 Å². The average Bonchev–Trinajstić information content (AvgIpc) is 3.37. The molecule has 0 bridgehead atoms. The van der Waals surface area contributed by atoms with E-state index < -0.39 is 0 Å². The van der Waals surface area contributed by atoms with Crippen molar-refractivity contribution in [3.05, 3.63) is 60.6 Å². The zero-order chi connectivity index (χ0) is 18.2. The summed E-state index contributed by atoms with van der Waals surface area (Å²) in [6, 6.07) is 14.6. The molecule has 0 amide bonds. The normalized spacial score (nSPS) is 14.5. The Labute approximate surface area is 151 Å². The van der Waals surface area contributed by atoms with Gasteiger partial charge in [0.15, 0.2) is 0 Å². The van der Waals surface area contributed by atoms with Crippen LogP contribution in [0.2, 0.25) is 0 Å². The van der Waals surface area contributed by atoms with E-state index in [0.717, 1.165) is 44.0 Å². The first-order valence-electron chi connectivity index (χ1n) is 8.47. The molecule has 7 heteroatoms. The van der Waals surface area contributed by atoms with E-state index in [1.54, 1.807) is 6.26 Å². The van der Waals surface area contributed by atoms with Crippen molar-refractivity contribution in [2.24, 2.45) is 0 Å². The van der Waals surface area contributed by atoms with Crippen LogP contribution >= 0.6 is 0 Å². The molecule has 4 rings (SSSR count). The number of hydrogen-bond acceptors (Lipinski definition) is 5. The van der Waals surface area contributed by atoms with Crippen molar-refractivity contribution >= 4 is 12.2 Å². The van der Waals surface area contributed by atoms with Crippen molar-refractivity contribution < 1.29 is 14.3 Å². The first-order valence-corrected chi connectivity index (χ1v) is 8.47. The smallest absolute Gasteiger partial charge is 0.290 e. The summed E-state index contributed by atoms with van der Waals surface area (Å²) >= 11 is 0. The van der Waals surface area contributed by atoms with Crippen LogP contribution < -0.4 is 4.90 Å². The van der Waals surface area contributed by atoms with Gasteiger partial charge in [0.05, 0.1) is 6.26 Å². The molecule has 1 aliphatic heterocycles. The lowest BCUT2D eigenvalue weighted by molar-refractivity contribution is -0.122. The number of benzene rings is 1. The molecule has 0 radical (unpaired) electrons. The highest BCUT2D eigenvalue weighted by Gasteiger charge is 2.17. The molecule has 1 saturated heterocycles. The molecule has 0 spiro atoms. The summed E-state index contributed by atoms with van der Waals surface area (Å²) in [7, 11) is 0. The van der Waals surface area contributed by atoms with Crippen molar-refractivity contribution in [1.82, 2.24) is 15.1 Å². The van der Waals surface area contributed by atoms with Gasteiger partial charge >= 0.3 is 0 Å². The van der Waals surface area contributed by atoms with Gasteiger partial charge in [-0.05, 0) is 42.5 Å². The quantitative estimate of drug-likeness (QED) is 0.701. The molecule has 7 nitrogen and oxygen atoms in total. The average molecular weight is 354 g/mol. The Balaban J connectivity index is 0.000000613. The predicted molar refractivity (Wildman–Crippen MR) is 98.9 cm³/mol. The molecule has 3 aromatic rings. The third-order valence-electron chi connectivity index (χ3n) is 4.36. The molecule has 2 N–H and O–H groups in total. The van der Waals surface area contributed by atoms with Gasteiger partial charge in [-0.2, -0.15) is 5.10 Å². The lowest BCUT2D eigenvalue weighted by Crippen LogP contribution is -2.46. The van der Waals surface area contributed by atoms with E-state index in [1.165, 1.54) is 11.4 Å². The Morgan fingerprint density at radius 2 is 1.85 bits per heavy atom. The maximum Gasteiger partial charge on any atom is 0.290 e. The van der Waals surface area contributed by atoms with E-state index in [4.69, 9.17) is 14.3 Å². The zero-order valence-corrected chi connectivity index (χ0v) is 14.4. The summed E-state index contributed by atoms with van der Waals surface area (Å²) in [5, 5.41) is 13.9. The van der Waals surface area contributed by atoms with E-state index in [0.29, 0.717) is 0 Å². The molecule has 3 heterocycles. The van der Waals surface area contributed by atoms with E-state index >= 15 is 0 Å². The van der Waals surface area contributed by atoms with Crippen LogP contribution in [-0.4, -0.2) is 52.9 Å². The van der Waals surface area contributed by atoms with Gasteiger partial charge < -0.3 is 14.4 Å². The number of nitrogens with one attached hydrogen (secondary N) is 1. The number of anilines is 1. The van der Waals surface area contributed by atoms with Crippen molar-refractivity contribution in [3.8, 4) is 11.3 Å². The van der Waals surface area contributed by atoms with Crippen LogP contribution in [0.25, 0.3) is 11.3 Å². The number of rotatable bonds is 4. The number of carbonyl (C=O) groups is 1. The molecule has 1 aliphatic rings. The summed E-state index contributed by atoms with van der Waals surface area (Å²) in [6.45, 7) is 4.94. The van der Waals surface area contributed by atoms with Gasteiger partial charge in [0.1, 0.15) is 5.76 Å². The summed E-state index contributed by atoms with van der Waals surface area (Å²) in [6.07, 6.45) is 3.52. The van der Waals surface area contributed by atoms with Gasteiger partial charge in [-0.25, -0.2) is 0 Å². The van der Waals surface area contributed by atoms with Crippen LogP contribution in [0, 0.1) is 0 Å². The minimum Gasteiger partial charge on any atom is -0.483 e. The maximum absolute atomic E-state index is 8.36. The minimum atomic E-state index is -0.250. The lowest BCUT2D eigenvalue weighted by Gasteiger charge is -2.35. The SMILES string of the molecule is O=CO.c1coc(-c2ccc(N3CCN(Cc4ccn[nH]4)CC3)cc2)c1. The van der Waals surface area contributed by atoms with Crippen molar-refractivity contribution in [3.63, 3.8) is 0 Å². The molecule has 136 valence electrons. The van der Waals surface area contributed by atoms with E-state index in [9.17, 15) is 0 Å². The van der Waals surface area contributed by atoms with Crippen LogP contribution in [0.5, 0.6) is 0 Å². The fraction of sp³-hybridized carbons (Fsp3) is 0.263. The fourth-order valence-electron chi connectivity index (χ4n) is 3.06. The molecular formula is C19H22N4O3. The number of hydrogen-bond donors (Lipinski definition) is 2. The second-order valence-electron chi connectivity index (χ2n) is 5.97. The molecule has 2 aromatic heterocycles. The number of carboxylic acid groups (broad SMARTS) is 1. The second-order valence-corrected chi connectivity index (χ2v) is 5.97. The van der Waals surface area contributed by atoms with E-state index in [2.05, 4.69) is 44.3 Å². The number of nitrogens with zero attached hydrogens (tertiary/aromatic N) is 3. The van der Waals surface area contributed by atoms with Crippen LogP contribution in [0.3, 0.4) is 0 Å². The summed E-state index contributed by atoms with van der Waals surface area (Å²) in [5.74, 6) is 0.918. The molecule has 1 fully saturated rings. The van der Waals surface area contributed by atoms with Crippen LogP contribution in [0.1, 0.15) is 5.69 Å². The van der Waals surface area contributed by atoms with Gasteiger partial charge in [0, 0.05) is 55.9 Å². The third-order valence-corrected chi connectivity index (χ3v) is 4.36. The Kier molecular flexibility index (Phi) is 6.05. The minimum absolute atomic E-state index is 0.250. The number of aromatic amines is 1. The molecule has 0 unspecified atom stereocenters. The Hall–Kier alpha value is -3.06. The highest BCUT2D eigenvalue weighted by Crippen LogP contribution is 2.24. The predicted octanol–water partition coefficient (Wildman–Crippen LogP) is 2.69. The number of aromatic nitrogens is 2. The van der Waals surface area contributed by atoms with Crippen molar-refractivity contribution in [2.45, 2.75) is 6.54 Å².